The highest BCUT2D eigenvalue weighted by Crippen LogP contribution is 2.37. The van der Waals surface area contributed by atoms with Gasteiger partial charge < -0.3 is 14.4 Å². The molecule has 3 aromatic rings. The van der Waals surface area contributed by atoms with Crippen molar-refractivity contribution < 1.29 is 14.3 Å². The zero-order chi connectivity index (χ0) is 19.7. The van der Waals surface area contributed by atoms with Gasteiger partial charge in [0.25, 0.3) is 5.91 Å². The van der Waals surface area contributed by atoms with Crippen LogP contribution in [0.25, 0.3) is 11.3 Å². The highest BCUT2D eigenvalue weighted by molar-refractivity contribution is 7.09. The molecule has 1 aliphatic heterocycles. The summed E-state index contributed by atoms with van der Waals surface area (Å²) in [5, 5.41) is 3.03. The predicted octanol–water partition coefficient (Wildman–Crippen LogP) is 4.62. The molecule has 2 aromatic carbocycles. The van der Waals surface area contributed by atoms with Gasteiger partial charge in [-0.05, 0) is 51.1 Å². The van der Waals surface area contributed by atoms with Crippen LogP contribution in [0.15, 0.2) is 47.8 Å². The van der Waals surface area contributed by atoms with E-state index in [0.29, 0.717) is 18.9 Å². The largest absolute Gasteiger partial charge is 0.492 e. The Kier molecular flexibility index (Phi) is 5.05. The molecule has 0 N–H and O–H groups in total. The van der Waals surface area contributed by atoms with E-state index in [0.717, 1.165) is 27.7 Å². The normalized spacial score (nSPS) is 15.9. The number of nitrogens with zero attached hydrogens (tertiary/aromatic N) is 2. The van der Waals surface area contributed by atoms with E-state index in [9.17, 15) is 4.79 Å². The number of hydrogen-bond acceptors (Lipinski definition) is 5. The Morgan fingerprint density at radius 3 is 2.68 bits per heavy atom. The first kappa shape index (κ1) is 18.5. The topological polar surface area (TPSA) is 51.7 Å². The average Bonchev–Trinajstić information content (AvgIpc) is 3.12. The molecule has 0 bridgehead atoms. The monoisotopic (exact) mass is 394 g/mol. The average molecular weight is 394 g/mol. The van der Waals surface area contributed by atoms with Crippen LogP contribution in [0.2, 0.25) is 0 Å². The van der Waals surface area contributed by atoms with Gasteiger partial charge in [0.05, 0.1) is 22.9 Å². The molecular weight excluding hydrogens is 372 g/mol. The molecule has 1 amide bonds. The number of aryl methyl sites for hydroxylation is 2. The van der Waals surface area contributed by atoms with Crippen LogP contribution >= 0.6 is 11.3 Å². The van der Waals surface area contributed by atoms with Gasteiger partial charge in [-0.3, -0.25) is 4.79 Å². The highest BCUT2D eigenvalue weighted by Gasteiger charge is 2.31. The first-order valence-electron chi connectivity index (χ1n) is 9.25. The molecule has 0 saturated carbocycles. The summed E-state index contributed by atoms with van der Waals surface area (Å²) in [5.74, 6) is 1.44. The van der Waals surface area contributed by atoms with Crippen molar-refractivity contribution in [2.45, 2.75) is 26.9 Å². The number of hydrogen-bond donors (Lipinski definition) is 0. The number of benzene rings is 2. The van der Waals surface area contributed by atoms with E-state index in [1.165, 1.54) is 5.56 Å². The molecule has 1 unspecified atom stereocenters. The summed E-state index contributed by atoms with van der Waals surface area (Å²) >= 11 is 1.61. The van der Waals surface area contributed by atoms with Gasteiger partial charge in [-0.1, -0.05) is 17.7 Å². The van der Waals surface area contributed by atoms with E-state index in [1.54, 1.807) is 23.2 Å². The number of carbonyl (C=O) groups is 1. The maximum atomic E-state index is 12.8. The quantitative estimate of drug-likeness (QED) is 0.634. The van der Waals surface area contributed by atoms with Gasteiger partial charge in [-0.25, -0.2) is 4.98 Å². The number of rotatable bonds is 5. The van der Waals surface area contributed by atoms with E-state index >= 15 is 0 Å². The lowest BCUT2D eigenvalue weighted by Gasteiger charge is -2.33. The van der Waals surface area contributed by atoms with Crippen molar-refractivity contribution in [1.29, 1.82) is 0 Å². The third-order valence-electron chi connectivity index (χ3n) is 4.69. The zero-order valence-electron chi connectivity index (χ0n) is 16.1. The van der Waals surface area contributed by atoms with Gasteiger partial charge in [-0.2, -0.15) is 0 Å². The van der Waals surface area contributed by atoms with Crippen LogP contribution in [0.3, 0.4) is 0 Å². The van der Waals surface area contributed by atoms with Crippen molar-refractivity contribution >= 4 is 22.9 Å². The Labute approximate surface area is 168 Å². The summed E-state index contributed by atoms with van der Waals surface area (Å²) in [6.45, 7) is 6.65. The number of amides is 1. The molecule has 0 saturated heterocycles. The molecule has 2 heterocycles. The molecule has 5 nitrogen and oxygen atoms in total. The highest BCUT2D eigenvalue weighted by atomic mass is 32.1. The van der Waals surface area contributed by atoms with Gasteiger partial charge in [-0.15, -0.1) is 11.3 Å². The number of aromatic nitrogens is 1. The number of thiazole rings is 1. The van der Waals surface area contributed by atoms with Crippen molar-refractivity contribution in [3.8, 4) is 22.8 Å². The molecular formula is C22H22N2O3S. The Balaban J connectivity index is 1.56. The lowest BCUT2D eigenvalue weighted by molar-refractivity contribution is -0.125. The van der Waals surface area contributed by atoms with Crippen LogP contribution in [0, 0.1) is 13.8 Å². The fourth-order valence-electron chi connectivity index (χ4n) is 3.18. The van der Waals surface area contributed by atoms with E-state index in [1.807, 2.05) is 61.7 Å². The van der Waals surface area contributed by atoms with Crippen LogP contribution in [0.5, 0.6) is 11.5 Å². The third-order valence-corrected chi connectivity index (χ3v) is 5.46. The summed E-state index contributed by atoms with van der Waals surface area (Å²) < 4.78 is 11.6. The van der Waals surface area contributed by atoms with Crippen molar-refractivity contribution in [1.82, 2.24) is 4.98 Å². The molecule has 1 aromatic heterocycles. The Hall–Kier alpha value is -2.86. The van der Waals surface area contributed by atoms with Crippen molar-refractivity contribution in [3.05, 3.63) is 58.4 Å². The summed E-state index contributed by atoms with van der Waals surface area (Å²) in [6, 6.07) is 13.8. The molecule has 0 fully saturated rings. The van der Waals surface area contributed by atoms with E-state index < -0.39 is 6.10 Å². The minimum absolute atomic E-state index is 0.0633. The third kappa shape index (κ3) is 3.73. The Morgan fingerprint density at radius 2 is 1.96 bits per heavy atom. The summed E-state index contributed by atoms with van der Waals surface area (Å²) in [5.41, 5.74) is 3.83. The predicted molar refractivity (Wildman–Crippen MR) is 111 cm³/mol. The lowest BCUT2D eigenvalue weighted by atomic mass is 10.1. The van der Waals surface area contributed by atoms with Crippen LogP contribution in [0.4, 0.5) is 5.69 Å². The minimum Gasteiger partial charge on any atom is -0.492 e. The second-order valence-electron chi connectivity index (χ2n) is 6.85. The second-order valence-corrected chi connectivity index (χ2v) is 7.91. The SMILES string of the molecule is Cc1ccc(OCCN2C(=O)C(C)Oc3ccc(-c4csc(C)n4)cc32)cc1. The molecule has 0 spiro atoms. The second kappa shape index (κ2) is 7.64. The van der Waals surface area contributed by atoms with Crippen LogP contribution in [0.1, 0.15) is 17.5 Å². The molecule has 4 rings (SSSR count). The molecule has 1 atom stereocenters. The van der Waals surface area contributed by atoms with Gasteiger partial charge in [0.1, 0.15) is 18.1 Å². The molecule has 6 heteroatoms. The van der Waals surface area contributed by atoms with E-state index in [-0.39, 0.29) is 5.91 Å². The van der Waals surface area contributed by atoms with Gasteiger partial charge in [0.15, 0.2) is 6.10 Å². The number of ether oxygens (including phenoxy) is 2. The summed E-state index contributed by atoms with van der Waals surface area (Å²) in [6.07, 6.45) is -0.515. The Morgan fingerprint density at radius 1 is 1.18 bits per heavy atom. The molecule has 144 valence electrons. The fourth-order valence-corrected chi connectivity index (χ4v) is 3.80. The van der Waals surface area contributed by atoms with E-state index in [4.69, 9.17) is 9.47 Å². The number of carbonyl (C=O) groups excluding carboxylic acids is 1. The van der Waals surface area contributed by atoms with Crippen LogP contribution < -0.4 is 14.4 Å². The lowest BCUT2D eigenvalue weighted by Crippen LogP contribution is -2.46. The molecule has 28 heavy (non-hydrogen) atoms. The van der Waals surface area contributed by atoms with E-state index in [2.05, 4.69) is 4.98 Å². The molecule has 0 radical (unpaired) electrons. The van der Waals surface area contributed by atoms with Crippen molar-refractivity contribution in [2.24, 2.45) is 0 Å². The maximum absolute atomic E-state index is 12.8. The van der Waals surface area contributed by atoms with Gasteiger partial charge in [0.2, 0.25) is 0 Å². The fraction of sp³-hybridized carbons (Fsp3) is 0.273. The summed E-state index contributed by atoms with van der Waals surface area (Å²) in [7, 11) is 0. The van der Waals surface area contributed by atoms with Crippen LogP contribution in [-0.4, -0.2) is 30.1 Å². The Bertz CT molecular complexity index is 997. The maximum Gasteiger partial charge on any atom is 0.267 e. The number of anilines is 1. The van der Waals surface area contributed by atoms with Crippen molar-refractivity contribution in [3.63, 3.8) is 0 Å². The minimum atomic E-state index is -0.515. The molecule has 1 aliphatic rings. The smallest absolute Gasteiger partial charge is 0.267 e. The summed E-state index contributed by atoms with van der Waals surface area (Å²) in [4.78, 5) is 19.1. The van der Waals surface area contributed by atoms with Gasteiger partial charge >= 0.3 is 0 Å². The van der Waals surface area contributed by atoms with Gasteiger partial charge in [0, 0.05) is 10.9 Å². The van der Waals surface area contributed by atoms with Crippen LogP contribution in [-0.2, 0) is 4.79 Å². The number of fused-ring (bicyclic) bond motifs is 1. The zero-order valence-corrected chi connectivity index (χ0v) is 17.0. The first-order chi connectivity index (χ1) is 13.5. The first-order valence-corrected chi connectivity index (χ1v) is 10.1. The standard InChI is InChI=1S/C22H22N2O3S/c1-14-4-7-18(8-5-14)26-11-10-24-20-12-17(19-13-28-16(3)23-19)6-9-21(20)27-15(2)22(24)25/h4-9,12-13,15H,10-11H2,1-3H3. The van der Waals surface area contributed by atoms with Crippen molar-refractivity contribution in [2.75, 3.05) is 18.1 Å². The molecule has 0 aliphatic carbocycles.